The molecule has 2 N–H and O–H groups in total. The van der Waals surface area contributed by atoms with Crippen LogP contribution in [0.2, 0.25) is 0 Å². The van der Waals surface area contributed by atoms with Crippen LogP contribution < -0.4 is 20.4 Å². The summed E-state index contributed by atoms with van der Waals surface area (Å²) in [5.74, 6) is 0.590. The number of aryl methyl sites for hydroxylation is 1. The van der Waals surface area contributed by atoms with Gasteiger partial charge in [-0.2, -0.15) is 5.10 Å². The van der Waals surface area contributed by atoms with Gasteiger partial charge in [0.25, 0.3) is 0 Å². The van der Waals surface area contributed by atoms with E-state index in [2.05, 4.69) is 80.5 Å². The zero-order valence-corrected chi connectivity index (χ0v) is 19.4. The number of hydrazone groups is 1. The number of rotatable bonds is 5. The van der Waals surface area contributed by atoms with Crippen molar-refractivity contribution in [3.05, 3.63) is 59.2 Å². The van der Waals surface area contributed by atoms with E-state index in [1.54, 1.807) is 25.5 Å². The van der Waals surface area contributed by atoms with Gasteiger partial charge in [-0.05, 0) is 82.5 Å². The highest BCUT2D eigenvalue weighted by Gasteiger charge is 2.33. The molecule has 0 spiro atoms. The molecular weight excluding hydrogens is 388 g/mol. The number of benzene rings is 2. The number of amides is 2. The molecule has 0 unspecified atom stereocenters. The lowest BCUT2D eigenvalue weighted by Gasteiger charge is -2.46. The summed E-state index contributed by atoms with van der Waals surface area (Å²) in [6.45, 7) is 13.1. The van der Waals surface area contributed by atoms with Crippen LogP contribution in [0, 0.1) is 6.92 Å². The second-order valence-electron chi connectivity index (χ2n) is 8.70. The Labute approximate surface area is 185 Å². The minimum Gasteiger partial charge on any atom is -0.495 e. The van der Waals surface area contributed by atoms with Gasteiger partial charge >= 0.3 is 6.03 Å². The van der Waals surface area contributed by atoms with Gasteiger partial charge in [-0.3, -0.25) is 0 Å². The number of carbonyl (C=O) groups is 1. The number of allylic oxidation sites excluding steroid dienone is 1. The molecule has 0 saturated heterocycles. The molecule has 0 atom stereocenters. The first kappa shape index (κ1) is 22.4. The van der Waals surface area contributed by atoms with Crippen molar-refractivity contribution < 1.29 is 9.53 Å². The van der Waals surface area contributed by atoms with Crippen LogP contribution in [0.25, 0.3) is 5.57 Å². The van der Waals surface area contributed by atoms with E-state index >= 15 is 0 Å². The van der Waals surface area contributed by atoms with Crippen molar-refractivity contribution in [3.63, 3.8) is 0 Å². The van der Waals surface area contributed by atoms with E-state index in [0.29, 0.717) is 17.5 Å². The smallest absolute Gasteiger partial charge is 0.339 e. The predicted octanol–water partition coefficient (Wildman–Crippen LogP) is 5.57. The van der Waals surface area contributed by atoms with Crippen LogP contribution in [-0.4, -0.2) is 30.9 Å². The summed E-state index contributed by atoms with van der Waals surface area (Å²) in [6, 6.07) is 11.5. The lowest BCUT2D eigenvalue weighted by atomic mass is 9.86. The molecule has 31 heavy (non-hydrogen) atoms. The van der Waals surface area contributed by atoms with Crippen molar-refractivity contribution in [2.75, 3.05) is 17.3 Å². The van der Waals surface area contributed by atoms with Crippen molar-refractivity contribution in [2.24, 2.45) is 5.10 Å². The summed E-state index contributed by atoms with van der Waals surface area (Å²) in [5.41, 5.74) is 8.80. The van der Waals surface area contributed by atoms with Gasteiger partial charge in [-0.25, -0.2) is 10.2 Å². The van der Waals surface area contributed by atoms with Gasteiger partial charge in [-0.1, -0.05) is 18.2 Å². The average Bonchev–Trinajstić information content (AvgIpc) is 2.68. The zero-order valence-electron chi connectivity index (χ0n) is 19.4. The number of hydrogen-bond donors (Lipinski definition) is 2. The van der Waals surface area contributed by atoms with Crippen LogP contribution in [0.15, 0.2) is 47.6 Å². The highest BCUT2D eigenvalue weighted by Crippen LogP contribution is 2.41. The zero-order chi connectivity index (χ0) is 22.8. The van der Waals surface area contributed by atoms with Crippen LogP contribution in [0.5, 0.6) is 5.75 Å². The Morgan fingerprint density at radius 3 is 2.58 bits per heavy atom. The number of fused-ring (bicyclic) bond motifs is 1. The van der Waals surface area contributed by atoms with Crippen LogP contribution in [0.4, 0.5) is 16.2 Å². The maximum atomic E-state index is 12.2. The van der Waals surface area contributed by atoms with E-state index in [1.165, 1.54) is 16.8 Å². The van der Waals surface area contributed by atoms with Crippen molar-refractivity contribution in [1.29, 1.82) is 0 Å². The van der Waals surface area contributed by atoms with Crippen molar-refractivity contribution in [1.82, 2.24) is 5.43 Å². The molecule has 2 amide bonds. The molecule has 1 aliphatic heterocycles. The molecule has 0 bridgehead atoms. The lowest BCUT2D eigenvalue weighted by molar-refractivity contribution is 0.252. The van der Waals surface area contributed by atoms with Gasteiger partial charge in [0.1, 0.15) is 5.75 Å². The number of urea groups is 1. The highest BCUT2D eigenvalue weighted by molar-refractivity contribution is 5.93. The third-order valence-electron chi connectivity index (χ3n) is 5.50. The molecule has 0 saturated carbocycles. The molecule has 1 heterocycles. The summed E-state index contributed by atoms with van der Waals surface area (Å²) in [6.07, 6.45) is 3.99. The van der Waals surface area contributed by atoms with Crippen LogP contribution in [-0.2, 0) is 0 Å². The Bertz CT molecular complexity index is 1040. The van der Waals surface area contributed by atoms with E-state index in [1.807, 2.05) is 12.1 Å². The molecule has 0 aromatic heterocycles. The van der Waals surface area contributed by atoms with Gasteiger partial charge in [-0.15, -0.1) is 0 Å². The van der Waals surface area contributed by atoms with E-state index < -0.39 is 6.03 Å². The summed E-state index contributed by atoms with van der Waals surface area (Å²) < 4.78 is 5.25. The summed E-state index contributed by atoms with van der Waals surface area (Å²) in [4.78, 5) is 14.7. The second-order valence-corrected chi connectivity index (χ2v) is 8.70. The predicted molar refractivity (Wildman–Crippen MR) is 129 cm³/mol. The van der Waals surface area contributed by atoms with E-state index in [0.717, 1.165) is 11.1 Å². The van der Waals surface area contributed by atoms with E-state index in [9.17, 15) is 4.79 Å². The number of nitrogens with one attached hydrogen (secondary N) is 2. The standard InChI is InChI=1S/C25H32N4O2/c1-16(2)29-22-12-17(3)19(13-20(22)18(4)14-25(29,5)6)15-26-28-24(30)27-21-10-8-9-11-23(21)31-7/h8-16H,1-7H3,(H2,27,28,30)/b26-15+. The fraction of sp³-hybridized carbons (Fsp3) is 0.360. The highest BCUT2D eigenvalue weighted by atomic mass is 16.5. The Kier molecular flexibility index (Phi) is 6.39. The van der Waals surface area contributed by atoms with Crippen molar-refractivity contribution in [2.45, 2.75) is 53.1 Å². The number of methoxy groups -OCH3 is 1. The molecule has 3 rings (SSSR count). The minimum absolute atomic E-state index is 0.0502. The average molecular weight is 421 g/mol. The second kappa shape index (κ2) is 8.84. The third kappa shape index (κ3) is 4.74. The monoisotopic (exact) mass is 420 g/mol. The number of carbonyl (C=O) groups excluding carboxylic acids is 1. The topological polar surface area (TPSA) is 66.0 Å². The molecule has 164 valence electrons. The maximum absolute atomic E-state index is 12.2. The molecular formula is C25H32N4O2. The molecule has 0 radical (unpaired) electrons. The van der Waals surface area contributed by atoms with Gasteiger partial charge < -0.3 is 15.0 Å². The van der Waals surface area contributed by atoms with Crippen molar-refractivity contribution >= 4 is 29.2 Å². The van der Waals surface area contributed by atoms with Crippen molar-refractivity contribution in [3.8, 4) is 5.75 Å². The Hall–Kier alpha value is -3.28. The summed E-state index contributed by atoms with van der Waals surface area (Å²) in [5, 5.41) is 6.89. The summed E-state index contributed by atoms with van der Waals surface area (Å²) in [7, 11) is 1.56. The number of hydrogen-bond acceptors (Lipinski definition) is 4. The fourth-order valence-corrected chi connectivity index (χ4v) is 4.35. The number of para-hydroxylation sites is 2. The molecule has 2 aromatic rings. The first-order valence-electron chi connectivity index (χ1n) is 10.5. The first-order valence-corrected chi connectivity index (χ1v) is 10.5. The van der Waals surface area contributed by atoms with Gasteiger partial charge in [0, 0.05) is 17.3 Å². The molecule has 1 aliphatic rings. The van der Waals surface area contributed by atoms with Crippen LogP contribution in [0.1, 0.15) is 51.3 Å². The molecule has 2 aromatic carbocycles. The normalized spacial score (nSPS) is 15.0. The molecule has 6 nitrogen and oxygen atoms in total. The third-order valence-corrected chi connectivity index (χ3v) is 5.50. The number of nitrogens with zero attached hydrogens (tertiary/aromatic N) is 2. The number of anilines is 2. The Morgan fingerprint density at radius 2 is 1.90 bits per heavy atom. The molecule has 6 heteroatoms. The van der Waals surface area contributed by atoms with Gasteiger partial charge in [0.2, 0.25) is 0 Å². The van der Waals surface area contributed by atoms with Gasteiger partial charge in [0.05, 0.1) is 24.6 Å². The van der Waals surface area contributed by atoms with E-state index in [-0.39, 0.29) is 5.54 Å². The SMILES string of the molecule is COc1ccccc1NC(=O)N/N=C/c1cc2c(cc1C)N(C(C)C)C(C)(C)C=C2C. The van der Waals surface area contributed by atoms with Crippen LogP contribution >= 0.6 is 0 Å². The molecule has 0 aliphatic carbocycles. The largest absolute Gasteiger partial charge is 0.495 e. The maximum Gasteiger partial charge on any atom is 0.339 e. The first-order chi connectivity index (χ1) is 14.6. The minimum atomic E-state index is -0.430. The van der Waals surface area contributed by atoms with Crippen LogP contribution in [0.3, 0.4) is 0 Å². The lowest BCUT2D eigenvalue weighted by Crippen LogP contribution is -2.49. The quantitative estimate of drug-likeness (QED) is 0.491. The van der Waals surface area contributed by atoms with E-state index in [4.69, 9.17) is 4.74 Å². The van der Waals surface area contributed by atoms with Gasteiger partial charge in [0.15, 0.2) is 0 Å². The Morgan fingerprint density at radius 1 is 1.19 bits per heavy atom. The summed E-state index contributed by atoms with van der Waals surface area (Å²) >= 11 is 0. The Balaban J connectivity index is 1.79. The molecule has 0 fully saturated rings. The number of ether oxygens (including phenoxy) is 1. The fourth-order valence-electron chi connectivity index (χ4n) is 4.35.